The van der Waals surface area contributed by atoms with Crippen LogP contribution in [0, 0.1) is 5.92 Å². The fourth-order valence-electron chi connectivity index (χ4n) is 4.33. The first-order chi connectivity index (χ1) is 14.5. The van der Waals surface area contributed by atoms with E-state index in [-0.39, 0.29) is 36.1 Å². The van der Waals surface area contributed by atoms with Crippen LogP contribution >= 0.6 is 0 Å². The van der Waals surface area contributed by atoms with Crippen LogP contribution in [-0.4, -0.2) is 65.1 Å². The van der Waals surface area contributed by atoms with Crippen LogP contribution in [0.5, 0.6) is 0 Å². The van der Waals surface area contributed by atoms with Crippen LogP contribution in [0.2, 0.25) is 0 Å². The van der Waals surface area contributed by atoms with Gasteiger partial charge in [-0.3, -0.25) is 14.4 Å². The smallest absolute Gasteiger partial charge is 0.253 e. The number of carbonyl (C=O) groups is 3. The van der Waals surface area contributed by atoms with Gasteiger partial charge in [0.1, 0.15) is 0 Å². The number of likely N-dealkylation sites (tertiary alicyclic amines) is 1. The van der Waals surface area contributed by atoms with E-state index in [2.05, 4.69) is 0 Å². The fourth-order valence-corrected chi connectivity index (χ4v) is 4.33. The molecular formula is C24H27N3O3. The molecule has 6 heteroatoms. The van der Waals surface area contributed by atoms with Gasteiger partial charge in [-0.1, -0.05) is 48.5 Å². The van der Waals surface area contributed by atoms with Gasteiger partial charge < -0.3 is 14.7 Å². The van der Waals surface area contributed by atoms with Crippen LogP contribution < -0.4 is 0 Å². The van der Waals surface area contributed by atoms with Crippen molar-refractivity contribution in [3.8, 4) is 0 Å². The Morgan fingerprint density at radius 3 is 2.07 bits per heavy atom. The van der Waals surface area contributed by atoms with Crippen LogP contribution in [0.3, 0.4) is 0 Å². The first kappa shape index (κ1) is 20.1. The highest BCUT2D eigenvalue weighted by molar-refractivity contribution is 5.94. The molecule has 4 rings (SSSR count). The number of amides is 3. The number of benzene rings is 2. The van der Waals surface area contributed by atoms with Crippen molar-refractivity contribution in [1.82, 2.24) is 14.7 Å². The van der Waals surface area contributed by atoms with Gasteiger partial charge in [-0.15, -0.1) is 0 Å². The van der Waals surface area contributed by atoms with Crippen molar-refractivity contribution in [1.29, 1.82) is 0 Å². The van der Waals surface area contributed by atoms with Crippen LogP contribution in [0.25, 0.3) is 0 Å². The molecule has 0 saturated carbocycles. The second-order valence-electron chi connectivity index (χ2n) is 8.02. The van der Waals surface area contributed by atoms with Gasteiger partial charge in [0, 0.05) is 44.7 Å². The molecule has 2 aromatic carbocycles. The minimum absolute atomic E-state index is 0.00149. The molecular weight excluding hydrogens is 378 g/mol. The van der Waals surface area contributed by atoms with Crippen molar-refractivity contribution >= 4 is 17.7 Å². The Hall–Kier alpha value is -3.15. The Morgan fingerprint density at radius 1 is 0.867 bits per heavy atom. The van der Waals surface area contributed by atoms with Crippen molar-refractivity contribution in [2.45, 2.75) is 19.4 Å². The molecule has 0 N–H and O–H groups in total. The maximum Gasteiger partial charge on any atom is 0.253 e. The second kappa shape index (κ2) is 8.69. The van der Waals surface area contributed by atoms with E-state index in [4.69, 9.17) is 0 Å². The zero-order valence-corrected chi connectivity index (χ0v) is 17.2. The molecule has 2 aromatic rings. The summed E-state index contributed by atoms with van der Waals surface area (Å²) in [6.07, 6.45) is 0.263. The lowest BCUT2D eigenvalue weighted by atomic mass is 10.1. The molecule has 2 atom stereocenters. The van der Waals surface area contributed by atoms with Crippen molar-refractivity contribution < 1.29 is 14.4 Å². The number of piperazine rings is 1. The molecule has 2 aliphatic heterocycles. The molecule has 2 heterocycles. The summed E-state index contributed by atoms with van der Waals surface area (Å²) in [6, 6.07) is 19.1. The quantitative estimate of drug-likeness (QED) is 0.786. The Labute approximate surface area is 177 Å². The zero-order valence-electron chi connectivity index (χ0n) is 17.2. The van der Waals surface area contributed by atoms with E-state index in [1.54, 1.807) is 4.90 Å². The summed E-state index contributed by atoms with van der Waals surface area (Å²) in [4.78, 5) is 43.6. The zero-order chi connectivity index (χ0) is 21.1. The molecule has 2 saturated heterocycles. The molecule has 0 spiro atoms. The van der Waals surface area contributed by atoms with E-state index in [0.717, 1.165) is 5.56 Å². The van der Waals surface area contributed by atoms with Crippen LogP contribution in [0.1, 0.15) is 35.3 Å². The Kier molecular flexibility index (Phi) is 5.84. The summed E-state index contributed by atoms with van der Waals surface area (Å²) in [7, 11) is 0. The summed E-state index contributed by atoms with van der Waals surface area (Å²) in [5, 5.41) is 0. The Balaban J connectivity index is 1.33. The summed E-state index contributed by atoms with van der Waals surface area (Å²) < 4.78 is 0. The van der Waals surface area contributed by atoms with Crippen molar-refractivity contribution in [2.24, 2.45) is 5.92 Å². The van der Waals surface area contributed by atoms with Crippen LogP contribution in [-0.2, 0) is 9.59 Å². The van der Waals surface area contributed by atoms with E-state index in [1.165, 1.54) is 0 Å². The van der Waals surface area contributed by atoms with Gasteiger partial charge >= 0.3 is 0 Å². The predicted octanol–water partition coefficient (Wildman–Crippen LogP) is 2.58. The molecule has 2 fully saturated rings. The number of hydrogen-bond acceptors (Lipinski definition) is 3. The predicted molar refractivity (Wildman–Crippen MR) is 114 cm³/mol. The number of rotatable bonds is 4. The maximum absolute atomic E-state index is 13.0. The molecule has 6 nitrogen and oxygen atoms in total. The minimum Gasteiger partial charge on any atom is -0.339 e. The van der Waals surface area contributed by atoms with E-state index in [0.29, 0.717) is 38.3 Å². The van der Waals surface area contributed by atoms with Gasteiger partial charge in [0.25, 0.3) is 5.91 Å². The van der Waals surface area contributed by atoms with Gasteiger partial charge in [0.15, 0.2) is 0 Å². The normalized spacial score (nSPS) is 20.4. The van der Waals surface area contributed by atoms with Gasteiger partial charge in [-0.25, -0.2) is 0 Å². The van der Waals surface area contributed by atoms with E-state index in [1.807, 2.05) is 77.4 Å². The topological polar surface area (TPSA) is 60.9 Å². The maximum atomic E-state index is 13.0. The largest absolute Gasteiger partial charge is 0.339 e. The summed E-state index contributed by atoms with van der Waals surface area (Å²) in [5.41, 5.74) is 1.75. The lowest BCUT2D eigenvalue weighted by Gasteiger charge is -2.36. The van der Waals surface area contributed by atoms with Gasteiger partial charge in [0.2, 0.25) is 11.8 Å². The summed E-state index contributed by atoms with van der Waals surface area (Å²) in [5.74, 6) is -0.248. The monoisotopic (exact) mass is 405 g/mol. The van der Waals surface area contributed by atoms with E-state index in [9.17, 15) is 14.4 Å². The number of nitrogens with zero attached hydrogens (tertiary/aromatic N) is 3. The first-order valence-corrected chi connectivity index (χ1v) is 10.5. The van der Waals surface area contributed by atoms with E-state index < -0.39 is 0 Å². The first-order valence-electron chi connectivity index (χ1n) is 10.5. The molecule has 30 heavy (non-hydrogen) atoms. The highest BCUT2D eigenvalue weighted by Crippen LogP contribution is 2.29. The van der Waals surface area contributed by atoms with E-state index >= 15 is 0 Å². The molecule has 0 unspecified atom stereocenters. The minimum atomic E-state index is -0.306. The molecule has 3 amide bonds. The standard InChI is InChI=1S/C24H27N3O3/c1-18(19-8-4-2-5-9-19)27-17-21(16-22(27)28)24(30)26-14-12-25(13-15-26)23(29)20-10-6-3-7-11-20/h2-11,18,21H,12-17H2,1H3/t18-,21+/m0/s1. The highest BCUT2D eigenvalue weighted by atomic mass is 16.2. The van der Waals surface area contributed by atoms with Gasteiger partial charge in [-0.05, 0) is 24.6 Å². The third-order valence-corrected chi connectivity index (χ3v) is 6.16. The lowest BCUT2D eigenvalue weighted by molar-refractivity contribution is -0.137. The summed E-state index contributed by atoms with van der Waals surface area (Å²) >= 11 is 0. The van der Waals surface area contributed by atoms with Gasteiger partial charge in [0.05, 0.1) is 12.0 Å². The van der Waals surface area contributed by atoms with Crippen molar-refractivity contribution in [3.05, 3.63) is 71.8 Å². The number of carbonyl (C=O) groups excluding carboxylic acids is 3. The fraction of sp³-hybridized carbons (Fsp3) is 0.375. The van der Waals surface area contributed by atoms with Crippen LogP contribution in [0.4, 0.5) is 0 Å². The number of hydrogen-bond donors (Lipinski definition) is 0. The second-order valence-corrected chi connectivity index (χ2v) is 8.02. The van der Waals surface area contributed by atoms with Crippen molar-refractivity contribution in [2.75, 3.05) is 32.7 Å². The highest BCUT2D eigenvalue weighted by Gasteiger charge is 2.39. The molecule has 2 aliphatic rings. The molecule has 0 radical (unpaired) electrons. The Bertz CT molecular complexity index is 908. The molecule has 0 bridgehead atoms. The molecule has 0 aliphatic carbocycles. The third kappa shape index (κ3) is 4.08. The van der Waals surface area contributed by atoms with Crippen molar-refractivity contribution in [3.63, 3.8) is 0 Å². The van der Waals surface area contributed by atoms with Crippen LogP contribution in [0.15, 0.2) is 60.7 Å². The average molecular weight is 405 g/mol. The summed E-state index contributed by atoms with van der Waals surface area (Å²) in [6.45, 7) is 4.52. The van der Waals surface area contributed by atoms with Gasteiger partial charge in [-0.2, -0.15) is 0 Å². The molecule has 156 valence electrons. The lowest BCUT2D eigenvalue weighted by Crippen LogP contribution is -2.52. The third-order valence-electron chi connectivity index (χ3n) is 6.16. The Morgan fingerprint density at radius 2 is 1.43 bits per heavy atom. The molecule has 0 aromatic heterocycles. The average Bonchev–Trinajstić information content (AvgIpc) is 3.20. The SMILES string of the molecule is C[C@@H](c1ccccc1)N1C[C@H](C(=O)N2CCN(C(=O)c3ccccc3)CC2)CC1=O.